The second kappa shape index (κ2) is 8.36. The van der Waals surface area contributed by atoms with Crippen molar-refractivity contribution in [3.05, 3.63) is 59.3 Å². The first kappa shape index (κ1) is 19.0. The minimum Gasteiger partial charge on any atom is -0.378 e. The lowest BCUT2D eigenvalue weighted by Gasteiger charge is -2.28. The first-order chi connectivity index (χ1) is 14.1. The van der Waals surface area contributed by atoms with Gasteiger partial charge in [0.05, 0.1) is 36.8 Å². The number of anilines is 2. The van der Waals surface area contributed by atoms with E-state index in [1.165, 1.54) is 0 Å². The fourth-order valence-corrected chi connectivity index (χ4v) is 3.21. The van der Waals surface area contributed by atoms with Gasteiger partial charge in [0.25, 0.3) is 5.91 Å². The van der Waals surface area contributed by atoms with Gasteiger partial charge in [0, 0.05) is 25.5 Å². The molecule has 1 aliphatic rings. The number of rotatable bonds is 5. The molecule has 3 aromatic rings. The maximum absolute atomic E-state index is 12.7. The molecule has 9 heteroatoms. The van der Waals surface area contributed by atoms with Crippen molar-refractivity contribution in [2.24, 2.45) is 0 Å². The minimum atomic E-state index is -0.299. The van der Waals surface area contributed by atoms with Gasteiger partial charge in [0.2, 0.25) is 0 Å². The van der Waals surface area contributed by atoms with E-state index < -0.39 is 0 Å². The number of pyridine rings is 2. The second-order valence-corrected chi connectivity index (χ2v) is 6.89. The molecule has 0 bridgehead atoms. The fourth-order valence-electron chi connectivity index (χ4n) is 3.21. The van der Waals surface area contributed by atoms with E-state index in [1.54, 1.807) is 17.1 Å². The van der Waals surface area contributed by atoms with Crippen molar-refractivity contribution >= 4 is 17.4 Å². The molecule has 150 valence electrons. The predicted octanol–water partition coefficient (Wildman–Crippen LogP) is 1.82. The van der Waals surface area contributed by atoms with Gasteiger partial charge in [-0.2, -0.15) is 0 Å². The first-order valence-corrected chi connectivity index (χ1v) is 9.52. The Morgan fingerprint density at radius 1 is 1.14 bits per heavy atom. The Kier molecular flexibility index (Phi) is 5.48. The lowest BCUT2D eigenvalue weighted by atomic mass is 10.2. The van der Waals surface area contributed by atoms with Gasteiger partial charge in [-0.15, -0.1) is 5.10 Å². The lowest BCUT2D eigenvalue weighted by molar-refractivity contribution is 0.102. The van der Waals surface area contributed by atoms with Crippen molar-refractivity contribution in [3.8, 4) is 0 Å². The van der Waals surface area contributed by atoms with E-state index in [2.05, 4.69) is 30.5 Å². The molecule has 1 amide bonds. The smallest absolute Gasteiger partial charge is 0.278 e. The molecule has 4 rings (SSSR count). The molecule has 0 spiro atoms. The second-order valence-electron chi connectivity index (χ2n) is 6.89. The van der Waals surface area contributed by atoms with Crippen LogP contribution in [0.5, 0.6) is 0 Å². The van der Waals surface area contributed by atoms with Gasteiger partial charge in [-0.25, -0.2) is 9.67 Å². The van der Waals surface area contributed by atoms with Gasteiger partial charge < -0.3 is 15.0 Å². The van der Waals surface area contributed by atoms with Crippen LogP contribution in [0.2, 0.25) is 0 Å². The van der Waals surface area contributed by atoms with Crippen molar-refractivity contribution in [1.82, 2.24) is 25.0 Å². The van der Waals surface area contributed by atoms with E-state index in [4.69, 9.17) is 4.74 Å². The Hall–Kier alpha value is -3.33. The van der Waals surface area contributed by atoms with E-state index in [0.29, 0.717) is 36.8 Å². The number of aryl methyl sites for hydroxylation is 1. The number of amides is 1. The fraction of sp³-hybridized carbons (Fsp3) is 0.350. The summed E-state index contributed by atoms with van der Waals surface area (Å²) in [7, 11) is 0. The van der Waals surface area contributed by atoms with Crippen LogP contribution in [0, 0.1) is 13.8 Å². The summed E-state index contributed by atoms with van der Waals surface area (Å²) >= 11 is 0. The zero-order valence-electron chi connectivity index (χ0n) is 16.5. The Balaban J connectivity index is 1.46. The summed E-state index contributed by atoms with van der Waals surface area (Å²) in [4.78, 5) is 23.6. The summed E-state index contributed by atoms with van der Waals surface area (Å²) in [6, 6.07) is 7.61. The standard InChI is InChI=1S/C20H23N7O2/c1-14-17(3-4-18(22-14)26-9-11-29-12-10-26)23-20(28)19-15(2)27(25-24-19)13-16-5-7-21-8-6-16/h3-8H,9-13H2,1-2H3,(H,23,28). The van der Waals surface area contributed by atoms with Crippen LogP contribution in [0.1, 0.15) is 27.4 Å². The average molecular weight is 393 g/mol. The third-order valence-corrected chi connectivity index (χ3v) is 4.93. The molecule has 4 heterocycles. The van der Waals surface area contributed by atoms with E-state index in [1.807, 2.05) is 38.1 Å². The molecular formula is C20H23N7O2. The average Bonchev–Trinajstić information content (AvgIpc) is 3.11. The molecule has 29 heavy (non-hydrogen) atoms. The third-order valence-electron chi connectivity index (χ3n) is 4.93. The SMILES string of the molecule is Cc1nc(N2CCOCC2)ccc1NC(=O)c1nnn(Cc2ccncc2)c1C. The monoisotopic (exact) mass is 393 g/mol. The number of nitrogens with one attached hydrogen (secondary N) is 1. The molecule has 1 saturated heterocycles. The van der Waals surface area contributed by atoms with Gasteiger partial charge >= 0.3 is 0 Å². The molecule has 3 aromatic heterocycles. The highest BCUT2D eigenvalue weighted by Crippen LogP contribution is 2.20. The highest BCUT2D eigenvalue weighted by atomic mass is 16.5. The van der Waals surface area contributed by atoms with Crippen molar-refractivity contribution in [2.45, 2.75) is 20.4 Å². The zero-order valence-corrected chi connectivity index (χ0v) is 16.5. The van der Waals surface area contributed by atoms with Gasteiger partial charge in [0.15, 0.2) is 5.69 Å². The van der Waals surface area contributed by atoms with E-state index >= 15 is 0 Å². The van der Waals surface area contributed by atoms with Crippen LogP contribution in [0.25, 0.3) is 0 Å². The normalized spacial score (nSPS) is 14.1. The molecule has 1 N–H and O–H groups in total. The van der Waals surface area contributed by atoms with Crippen LogP contribution in [0.15, 0.2) is 36.7 Å². The quantitative estimate of drug-likeness (QED) is 0.706. The highest BCUT2D eigenvalue weighted by Gasteiger charge is 2.19. The summed E-state index contributed by atoms with van der Waals surface area (Å²) in [5.41, 5.74) is 3.46. The Labute approximate surface area is 168 Å². The van der Waals surface area contributed by atoms with Crippen molar-refractivity contribution in [3.63, 3.8) is 0 Å². The molecule has 1 aliphatic heterocycles. The lowest BCUT2D eigenvalue weighted by Crippen LogP contribution is -2.36. The summed E-state index contributed by atoms with van der Waals surface area (Å²) in [5, 5.41) is 11.1. The Bertz CT molecular complexity index is 997. The van der Waals surface area contributed by atoms with Crippen LogP contribution in [-0.2, 0) is 11.3 Å². The van der Waals surface area contributed by atoms with E-state index in [0.717, 1.165) is 30.2 Å². The molecule has 0 atom stereocenters. The van der Waals surface area contributed by atoms with Gasteiger partial charge in [-0.1, -0.05) is 5.21 Å². The van der Waals surface area contributed by atoms with E-state index in [9.17, 15) is 4.79 Å². The molecule has 0 aromatic carbocycles. The maximum atomic E-state index is 12.7. The topological polar surface area (TPSA) is 98.1 Å². The number of carbonyl (C=O) groups excluding carboxylic acids is 1. The van der Waals surface area contributed by atoms with Crippen molar-refractivity contribution in [2.75, 3.05) is 36.5 Å². The van der Waals surface area contributed by atoms with Crippen molar-refractivity contribution < 1.29 is 9.53 Å². The molecule has 0 radical (unpaired) electrons. The van der Waals surface area contributed by atoms with Crippen LogP contribution < -0.4 is 10.2 Å². The number of carbonyl (C=O) groups is 1. The molecule has 9 nitrogen and oxygen atoms in total. The van der Waals surface area contributed by atoms with E-state index in [-0.39, 0.29) is 5.91 Å². The molecular weight excluding hydrogens is 370 g/mol. The molecule has 0 unspecified atom stereocenters. The number of morpholine rings is 1. The number of hydrogen-bond donors (Lipinski definition) is 1. The number of nitrogens with zero attached hydrogens (tertiary/aromatic N) is 6. The van der Waals surface area contributed by atoms with Crippen molar-refractivity contribution in [1.29, 1.82) is 0 Å². The Morgan fingerprint density at radius 2 is 1.90 bits per heavy atom. The van der Waals surface area contributed by atoms with Crippen LogP contribution in [0.3, 0.4) is 0 Å². The van der Waals surface area contributed by atoms with Crippen LogP contribution in [0.4, 0.5) is 11.5 Å². The minimum absolute atomic E-state index is 0.299. The first-order valence-electron chi connectivity index (χ1n) is 9.52. The van der Waals surface area contributed by atoms with Gasteiger partial charge in [0.1, 0.15) is 5.82 Å². The largest absolute Gasteiger partial charge is 0.378 e. The van der Waals surface area contributed by atoms with Crippen LogP contribution >= 0.6 is 0 Å². The highest BCUT2D eigenvalue weighted by molar-refractivity contribution is 6.03. The number of hydrogen-bond acceptors (Lipinski definition) is 7. The summed E-state index contributed by atoms with van der Waals surface area (Å²) in [5.74, 6) is 0.593. The number of ether oxygens (including phenoxy) is 1. The van der Waals surface area contributed by atoms with Crippen LogP contribution in [-0.4, -0.2) is 57.2 Å². The molecule has 0 saturated carbocycles. The van der Waals surface area contributed by atoms with Gasteiger partial charge in [-0.3, -0.25) is 9.78 Å². The third kappa shape index (κ3) is 4.24. The Morgan fingerprint density at radius 3 is 2.62 bits per heavy atom. The van der Waals surface area contributed by atoms with Gasteiger partial charge in [-0.05, 0) is 43.7 Å². The summed E-state index contributed by atoms with van der Waals surface area (Å²) in [6.45, 7) is 7.29. The predicted molar refractivity (Wildman–Crippen MR) is 108 cm³/mol. The molecule has 1 fully saturated rings. The maximum Gasteiger partial charge on any atom is 0.278 e. The summed E-state index contributed by atoms with van der Waals surface area (Å²) in [6.07, 6.45) is 3.46. The molecule has 0 aliphatic carbocycles. The summed E-state index contributed by atoms with van der Waals surface area (Å²) < 4.78 is 7.09. The zero-order chi connectivity index (χ0) is 20.2. The number of aromatic nitrogens is 5.